The average molecular weight is 252 g/mol. The minimum Gasteiger partial charge on any atom is -0.396 e. The molecule has 0 aromatic rings. The lowest BCUT2D eigenvalue weighted by molar-refractivity contribution is -0.135. The Morgan fingerprint density at radius 2 is 2.06 bits per heavy atom. The van der Waals surface area contributed by atoms with Crippen LogP contribution in [0.4, 0.5) is 0 Å². The normalized spacial score (nSPS) is 35.6. The van der Waals surface area contributed by atoms with Crippen molar-refractivity contribution in [2.45, 2.75) is 62.9 Å². The fraction of sp³-hybridized carbons (Fsp3) is 0.929. The first-order valence-electron chi connectivity index (χ1n) is 7.42. The maximum Gasteiger partial charge on any atom is 0.244 e. The lowest BCUT2D eigenvalue weighted by Gasteiger charge is -2.35. The quantitative estimate of drug-likeness (QED) is 0.777. The van der Waals surface area contributed by atoms with E-state index >= 15 is 0 Å². The summed E-state index contributed by atoms with van der Waals surface area (Å²) in [6.07, 6.45) is 8.74. The van der Waals surface area contributed by atoms with Gasteiger partial charge in [0.1, 0.15) is 0 Å². The van der Waals surface area contributed by atoms with Gasteiger partial charge in [-0.3, -0.25) is 10.1 Å². The van der Waals surface area contributed by atoms with Crippen LogP contribution in [0.5, 0.6) is 0 Å². The maximum absolute atomic E-state index is 12.6. The van der Waals surface area contributed by atoms with Crippen molar-refractivity contribution in [3.8, 4) is 0 Å². The van der Waals surface area contributed by atoms with Crippen LogP contribution in [0, 0.1) is 5.92 Å². The van der Waals surface area contributed by atoms with Crippen LogP contribution in [-0.2, 0) is 4.79 Å². The van der Waals surface area contributed by atoms with Gasteiger partial charge in [0.25, 0.3) is 0 Å². The smallest absolute Gasteiger partial charge is 0.244 e. The van der Waals surface area contributed by atoms with Crippen LogP contribution in [0.25, 0.3) is 0 Å². The fourth-order valence-electron chi connectivity index (χ4n) is 4.03. The zero-order valence-electron chi connectivity index (χ0n) is 11.0. The fourth-order valence-corrected chi connectivity index (χ4v) is 4.03. The highest BCUT2D eigenvalue weighted by Gasteiger charge is 2.49. The van der Waals surface area contributed by atoms with Crippen molar-refractivity contribution in [3.63, 3.8) is 0 Å². The van der Waals surface area contributed by atoms with Gasteiger partial charge in [0.05, 0.1) is 12.2 Å². The zero-order valence-corrected chi connectivity index (χ0v) is 11.0. The molecule has 18 heavy (non-hydrogen) atoms. The topological polar surface area (TPSA) is 52.6 Å². The predicted molar refractivity (Wildman–Crippen MR) is 68.9 cm³/mol. The van der Waals surface area contributed by atoms with Crippen molar-refractivity contribution < 1.29 is 9.90 Å². The van der Waals surface area contributed by atoms with Gasteiger partial charge in [-0.15, -0.1) is 0 Å². The van der Waals surface area contributed by atoms with E-state index in [1.165, 1.54) is 12.8 Å². The summed E-state index contributed by atoms with van der Waals surface area (Å²) in [5.74, 6) is 0.736. The predicted octanol–water partition coefficient (Wildman–Crippen LogP) is 1.24. The molecule has 0 aromatic carbocycles. The standard InChI is InChI=1S/C14H24N2O2/c17-9-11-4-3-5-12(8-11)16-10-15-14(13(16)18)6-1-2-7-14/h11-12,15,17H,1-10H2. The average Bonchev–Trinajstić information content (AvgIpc) is 3.00. The largest absolute Gasteiger partial charge is 0.396 e. The number of aliphatic hydroxyl groups is 1. The third kappa shape index (κ3) is 1.95. The van der Waals surface area contributed by atoms with E-state index in [1.54, 1.807) is 0 Å². The highest BCUT2D eigenvalue weighted by Crippen LogP contribution is 2.37. The molecule has 1 saturated heterocycles. The molecular formula is C14H24N2O2. The molecule has 1 aliphatic heterocycles. The summed E-state index contributed by atoms with van der Waals surface area (Å²) < 4.78 is 0. The van der Waals surface area contributed by atoms with Crippen molar-refractivity contribution in [2.75, 3.05) is 13.3 Å². The number of amides is 1. The second-order valence-electron chi connectivity index (χ2n) is 6.27. The molecule has 2 aliphatic carbocycles. The Hall–Kier alpha value is -0.610. The Morgan fingerprint density at radius 1 is 1.28 bits per heavy atom. The number of carbonyl (C=O) groups excluding carboxylic acids is 1. The number of aliphatic hydroxyl groups excluding tert-OH is 1. The van der Waals surface area contributed by atoms with Gasteiger partial charge >= 0.3 is 0 Å². The third-order valence-electron chi connectivity index (χ3n) is 5.17. The van der Waals surface area contributed by atoms with Crippen LogP contribution >= 0.6 is 0 Å². The molecular weight excluding hydrogens is 228 g/mol. The van der Waals surface area contributed by atoms with Gasteiger partial charge in [0.15, 0.2) is 0 Å². The molecule has 102 valence electrons. The zero-order chi connectivity index (χ0) is 12.6. The number of hydrogen-bond donors (Lipinski definition) is 2. The second kappa shape index (κ2) is 4.82. The van der Waals surface area contributed by atoms with Crippen LogP contribution in [0.2, 0.25) is 0 Å². The first-order valence-corrected chi connectivity index (χ1v) is 7.42. The minimum absolute atomic E-state index is 0.216. The number of carbonyl (C=O) groups is 1. The van der Waals surface area contributed by atoms with Crippen molar-refractivity contribution in [1.82, 2.24) is 10.2 Å². The molecule has 3 fully saturated rings. The van der Waals surface area contributed by atoms with Crippen LogP contribution in [-0.4, -0.2) is 40.8 Å². The Balaban J connectivity index is 1.68. The maximum atomic E-state index is 12.6. The van der Waals surface area contributed by atoms with E-state index < -0.39 is 0 Å². The summed E-state index contributed by atoms with van der Waals surface area (Å²) in [5.41, 5.74) is -0.216. The van der Waals surface area contributed by atoms with E-state index in [9.17, 15) is 9.90 Å². The molecule has 3 aliphatic rings. The molecule has 2 saturated carbocycles. The first-order chi connectivity index (χ1) is 8.75. The molecule has 3 rings (SSSR count). The third-order valence-corrected chi connectivity index (χ3v) is 5.17. The van der Waals surface area contributed by atoms with Crippen molar-refractivity contribution >= 4 is 5.91 Å². The van der Waals surface area contributed by atoms with E-state index in [0.29, 0.717) is 17.9 Å². The lowest BCUT2D eigenvalue weighted by atomic mass is 9.85. The molecule has 4 heteroatoms. The number of nitrogens with zero attached hydrogens (tertiary/aromatic N) is 1. The van der Waals surface area contributed by atoms with Crippen molar-refractivity contribution in [1.29, 1.82) is 0 Å². The van der Waals surface area contributed by atoms with Crippen molar-refractivity contribution in [2.24, 2.45) is 5.92 Å². The molecule has 1 spiro atoms. The van der Waals surface area contributed by atoms with Crippen molar-refractivity contribution in [3.05, 3.63) is 0 Å². The van der Waals surface area contributed by atoms with E-state index in [4.69, 9.17) is 0 Å². The number of rotatable bonds is 2. The van der Waals surface area contributed by atoms with E-state index in [1.807, 2.05) is 0 Å². The van der Waals surface area contributed by atoms with Crippen LogP contribution < -0.4 is 5.32 Å². The molecule has 4 nitrogen and oxygen atoms in total. The van der Waals surface area contributed by atoms with E-state index in [-0.39, 0.29) is 12.1 Å². The Morgan fingerprint density at radius 3 is 2.78 bits per heavy atom. The highest BCUT2D eigenvalue weighted by atomic mass is 16.3. The molecule has 1 heterocycles. The second-order valence-corrected chi connectivity index (χ2v) is 6.27. The summed E-state index contributed by atoms with van der Waals surface area (Å²) in [6, 6.07) is 0.357. The summed E-state index contributed by atoms with van der Waals surface area (Å²) in [7, 11) is 0. The Bertz CT molecular complexity index is 326. The number of hydrogen-bond acceptors (Lipinski definition) is 3. The van der Waals surface area contributed by atoms with Gasteiger partial charge in [0, 0.05) is 12.6 Å². The number of nitrogens with one attached hydrogen (secondary N) is 1. The van der Waals surface area contributed by atoms with Gasteiger partial charge in [-0.1, -0.05) is 19.3 Å². The van der Waals surface area contributed by atoms with Gasteiger partial charge in [0.2, 0.25) is 5.91 Å². The van der Waals surface area contributed by atoms with E-state index in [2.05, 4.69) is 10.2 Å². The lowest BCUT2D eigenvalue weighted by Crippen LogP contribution is -2.46. The summed E-state index contributed by atoms with van der Waals surface area (Å²) in [4.78, 5) is 14.7. The molecule has 1 amide bonds. The van der Waals surface area contributed by atoms with Gasteiger partial charge < -0.3 is 10.0 Å². The highest BCUT2D eigenvalue weighted by molar-refractivity contribution is 5.89. The Labute approximate surface area is 109 Å². The van der Waals surface area contributed by atoms with Gasteiger partial charge in [-0.2, -0.15) is 0 Å². The summed E-state index contributed by atoms with van der Waals surface area (Å²) in [6.45, 7) is 0.999. The molecule has 2 atom stereocenters. The molecule has 0 aromatic heterocycles. The van der Waals surface area contributed by atoms with Crippen LogP contribution in [0.1, 0.15) is 51.4 Å². The summed E-state index contributed by atoms with van der Waals surface area (Å²) in [5, 5.41) is 12.8. The SMILES string of the molecule is O=C1N(C2CCCC(CO)C2)CNC12CCCC2. The molecule has 0 bridgehead atoms. The van der Waals surface area contributed by atoms with Gasteiger partial charge in [-0.05, 0) is 38.0 Å². The van der Waals surface area contributed by atoms with Crippen LogP contribution in [0.15, 0.2) is 0 Å². The summed E-state index contributed by atoms with van der Waals surface area (Å²) >= 11 is 0. The monoisotopic (exact) mass is 252 g/mol. The molecule has 0 radical (unpaired) electrons. The van der Waals surface area contributed by atoms with Gasteiger partial charge in [-0.25, -0.2) is 0 Å². The minimum atomic E-state index is -0.216. The first kappa shape index (κ1) is 12.4. The van der Waals surface area contributed by atoms with E-state index in [0.717, 1.165) is 45.2 Å². The Kier molecular flexibility index (Phi) is 3.32. The molecule has 2 unspecified atom stereocenters. The van der Waals surface area contributed by atoms with Crippen LogP contribution in [0.3, 0.4) is 0 Å². The molecule has 2 N–H and O–H groups in total.